The van der Waals surface area contributed by atoms with Gasteiger partial charge in [0.1, 0.15) is 5.75 Å². The normalized spacial score (nSPS) is 14.2. The molecule has 1 heterocycles. The van der Waals surface area contributed by atoms with Crippen LogP contribution in [0.4, 0.5) is 0 Å². The second-order valence-corrected chi connectivity index (χ2v) is 6.66. The maximum absolute atomic E-state index is 11.0. The Bertz CT molecular complexity index is 723. The molecule has 4 nitrogen and oxygen atoms in total. The number of carbonyl (C=O) groups excluding carboxylic acids is 1. The summed E-state index contributed by atoms with van der Waals surface area (Å²) in [4.78, 5) is 14.6. The number of carboxylic acid groups (broad SMARTS) is 1. The molecular formula is C18H18NNaO3S. The van der Waals surface area contributed by atoms with Gasteiger partial charge >= 0.3 is 29.6 Å². The molecule has 1 aliphatic heterocycles. The molecule has 0 fully saturated rings. The first kappa shape index (κ1) is 19.3. The van der Waals surface area contributed by atoms with Gasteiger partial charge in [0.25, 0.3) is 0 Å². The van der Waals surface area contributed by atoms with Crippen LogP contribution in [0.1, 0.15) is 21.5 Å². The third kappa shape index (κ3) is 4.77. The number of hydrogen-bond donors (Lipinski definition) is 0. The first-order valence-electron chi connectivity index (χ1n) is 7.48. The number of benzene rings is 2. The molecule has 0 unspecified atom stereocenters. The van der Waals surface area contributed by atoms with E-state index in [9.17, 15) is 9.90 Å². The number of carbonyl (C=O) groups is 1. The third-order valence-corrected chi connectivity index (χ3v) is 4.99. The molecule has 0 amide bonds. The van der Waals surface area contributed by atoms with E-state index < -0.39 is 5.97 Å². The van der Waals surface area contributed by atoms with Crippen LogP contribution in [-0.4, -0.2) is 30.3 Å². The van der Waals surface area contributed by atoms with Crippen LogP contribution in [0.25, 0.3) is 0 Å². The predicted octanol–water partition coefficient (Wildman–Crippen LogP) is -0.829. The van der Waals surface area contributed by atoms with E-state index in [1.165, 1.54) is 10.5 Å². The Hall–Kier alpha value is -0.980. The fourth-order valence-corrected chi connectivity index (χ4v) is 3.78. The van der Waals surface area contributed by atoms with Gasteiger partial charge < -0.3 is 14.6 Å². The van der Waals surface area contributed by atoms with Crippen LogP contribution in [-0.2, 0) is 13.1 Å². The summed E-state index contributed by atoms with van der Waals surface area (Å²) in [6, 6.07) is 13.2. The molecule has 0 saturated heterocycles. The molecule has 2 aromatic rings. The van der Waals surface area contributed by atoms with Crippen LogP contribution in [0, 0.1) is 0 Å². The van der Waals surface area contributed by atoms with E-state index in [0.717, 1.165) is 36.7 Å². The fraction of sp³-hybridized carbons (Fsp3) is 0.278. The Morgan fingerprint density at radius 2 is 2.12 bits per heavy atom. The monoisotopic (exact) mass is 351 g/mol. The largest absolute Gasteiger partial charge is 1.00 e. The van der Waals surface area contributed by atoms with Gasteiger partial charge in [0.2, 0.25) is 0 Å². The van der Waals surface area contributed by atoms with E-state index in [0.29, 0.717) is 0 Å². The van der Waals surface area contributed by atoms with Crippen molar-refractivity contribution in [3.63, 3.8) is 0 Å². The summed E-state index contributed by atoms with van der Waals surface area (Å²) in [6.07, 6.45) is 0. The third-order valence-electron chi connectivity index (χ3n) is 3.90. The molecule has 6 heteroatoms. The molecule has 24 heavy (non-hydrogen) atoms. The molecule has 0 atom stereocenters. The van der Waals surface area contributed by atoms with Gasteiger partial charge in [0.05, 0.1) is 13.1 Å². The maximum atomic E-state index is 11.0. The van der Waals surface area contributed by atoms with Crippen LogP contribution in [0.5, 0.6) is 5.75 Å². The van der Waals surface area contributed by atoms with Crippen LogP contribution in [0.2, 0.25) is 0 Å². The number of thioether (sulfide) groups is 1. The average molecular weight is 351 g/mol. The van der Waals surface area contributed by atoms with E-state index in [4.69, 9.17) is 4.74 Å². The second kappa shape index (κ2) is 8.92. The quantitative estimate of drug-likeness (QED) is 0.673. The zero-order chi connectivity index (χ0) is 16.2. The van der Waals surface area contributed by atoms with Crippen molar-refractivity contribution in [2.24, 2.45) is 0 Å². The van der Waals surface area contributed by atoms with Crippen molar-refractivity contribution in [1.29, 1.82) is 0 Å². The average Bonchev–Trinajstić information content (AvgIpc) is 2.75. The fourth-order valence-electron chi connectivity index (χ4n) is 2.74. The number of ether oxygens (including phenoxy) is 1. The van der Waals surface area contributed by atoms with Gasteiger partial charge in [-0.25, -0.2) is 0 Å². The Morgan fingerprint density at radius 1 is 1.29 bits per heavy atom. The van der Waals surface area contributed by atoms with Crippen LogP contribution in [0.15, 0.2) is 47.4 Å². The molecule has 3 rings (SSSR count). The van der Waals surface area contributed by atoms with Crippen LogP contribution in [0.3, 0.4) is 0 Å². The van der Waals surface area contributed by atoms with Crippen molar-refractivity contribution in [2.75, 3.05) is 19.4 Å². The molecular weight excluding hydrogens is 333 g/mol. The molecule has 0 aliphatic carbocycles. The predicted molar refractivity (Wildman–Crippen MR) is 88.6 cm³/mol. The van der Waals surface area contributed by atoms with Gasteiger partial charge in [-0.2, -0.15) is 0 Å². The first-order valence-corrected chi connectivity index (χ1v) is 8.46. The summed E-state index contributed by atoms with van der Waals surface area (Å²) in [7, 11) is 1.68. The van der Waals surface area contributed by atoms with Gasteiger partial charge in [-0.15, -0.1) is 11.8 Å². The minimum absolute atomic E-state index is 0. The standard InChI is InChI=1S/C18H19NO3S.Na/c1-22-16-5-6-17-15(10-16)12-19(7-8-23-17)11-13-3-2-4-14(9-13)18(20)21;/h2-6,9-10H,7-8,11-12H2,1H3,(H,20,21);/q;+1/p-1. The Kier molecular flexibility index (Phi) is 7.19. The van der Waals surface area contributed by atoms with E-state index in [1.807, 2.05) is 23.9 Å². The summed E-state index contributed by atoms with van der Waals surface area (Å²) in [5.74, 6) is 0.748. The summed E-state index contributed by atoms with van der Waals surface area (Å²) >= 11 is 1.85. The van der Waals surface area contributed by atoms with Crippen LogP contribution >= 0.6 is 11.8 Å². The number of methoxy groups -OCH3 is 1. The van der Waals surface area contributed by atoms with Gasteiger partial charge in [-0.05, 0) is 41.0 Å². The smallest absolute Gasteiger partial charge is 0.545 e. The van der Waals surface area contributed by atoms with Gasteiger partial charge in [0.15, 0.2) is 0 Å². The van der Waals surface area contributed by atoms with E-state index in [-0.39, 0.29) is 35.1 Å². The summed E-state index contributed by atoms with van der Waals surface area (Å²) < 4.78 is 5.32. The summed E-state index contributed by atoms with van der Waals surface area (Å²) in [5.41, 5.74) is 2.47. The maximum Gasteiger partial charge on any atom is 1.00 e. The molecule has 2 aromatic carbocycles. The molecule has 0 saturated carbocycles. The molecule has 0 spiro atoms. The minimum Gasteiger partial charge on any atom is -0.545 e. The number of hydrogen-bond acceptors (Lipinski definition) is 5. The second-order valence-electron chi connectivity index (χ2n) is 5.52. The van der Waals surface area contributed by atoms with Crippen molar-refractivity contribution in [3.05, 3.63) is 59.2 Å². The zero-order valence-electron chi connectivity index (χ0n) is 14.0. The molecule has 120 valence electrons. The number of carboxylic acids is 1. The van der Waals surface area contributed by atoms with Crippen molar-refractivity contribution >= 4 is 17.7 Å². The molecule has 0 bridgehead atoms. The molecule has 0 aromatic heterocycles. The number of aromatic carboxylic acids is 1. The van der Waals surface area contributed by atoms with E-state index >= 15 is 0 Å². The molecule has 1 aliphatic rings. The summed E-state index contributed by atoms with van der Waals surface area (Å²) in [5, 5.41) is 11.0. The Labute approximate surface area is 168 Å². The van der Waals surface area contributed by atoms with Crippen LogP contribution < -0.4 is 39.4 Å². The summed E-state index contributed by atoms with van der Waals surface area (Å²) in [6.45, 7) is 2.50. The first-order chi connectivity index (χ1) is 11.2. The number of nitrogens with zero attached hydrogens (tertiary/aromatic N) is 1. The Morgan fingerprint density at radius 3 is 2.88 bits per heavy atom. The van der Waals surface area contributed by atoms with Crippen molar-refractivity contribution in [3.8, 4) is 5.75 Å². The number of fused-ring (bicyclic) bond motifs is 1. The topological polar surface area (TPSA) is 52.6 Å². The number of rotatable bonds is 4. The molecule has 0 radical (unpaired) electrons. The van der Waals surface area contributed by atoms with Gasteiger partial charge in [-0.3, -0.25) is 4.90 Å². The molecule has 0 N–H and O–H groups in total. The van der Waals surface area contributed by atoms with Crippen molar-refractivity contribution in [2.45, 2.75) is 18.0 Å². The Balaban J connectivity index is 0.00000208. The van der Waals surface area contributed by atoms with Gasteiger partial charge in [0, 0.05) is 30.3 Å². The SMILES string of the molecule is COc1ccc2c(c1)CN(Cc1cccc(C(=O)[O-])c1)CCS2.[Na+]. The van der Waals surface area contributed by atoms with Crippen molar-refractivity contribution in [1.82, 2.24) is 4.90 Å². The minimum atomic E-state index is -1.13. The zero-order valence-corrected chi connectivity index (χ0v) is 16.8. The van der Waals surface area contributed by atoms with E-state index in [2.05, 4.69) is 17.0 Å². The van der Waals surface area contributed by atoms with E-state index in [1.54, 1.807) is 25.3 Å². The van der Waals surface area contributed by atoms with Crippen molar-refractivity contribution < 1.29 is 44.2 Å². The van der Waals surface area contributed by atoms with Gasteiger partial charge in [-0.1, -0.05) is 18.2 Å².